The molecule has 1 unspecified atom stereocenters. The third-order valence-electron chi connectivity index (χ3n) is 2.73. The Morgan fingerprint density at radius 3 is 2.52 bits per heavy atom. The van der Waals surface area contributed by atoms with Crippen LogP contribution in [0.15, 0.2) is 29.3 Å². The summed E-state index contributed by atoms with van der Waals surface area (Å²) >= 11 is 5.96. The van der Waals surface area contributed by atoms with E-state index < -0.39 is 18.7 Å². The predicted octanol–water partition coefficient (Wildman–Crippen LogP) is 3.50. The number of nitrogens with one attached hydrogen (secondary N) is 2. The lowest BCUT2D eigenvalue weighted by molar-refractivity contribution is -0.132. The van der Waals surface area contributed by atoms with Crippen molar-refractivity contribution < 1.29 is 18.3 Å². The third-order valence-corrected chi connectivity index (χ3v) is 3.08. The first-order valence-corrected chi connectivity index (χ1v) is 7.22. The number of aliphatic hydroxyl groups excluding tert-OH is 1. The largest absolute Gasteiger partial charge is 0.390 e. The van der Waals surface area contributed by atoms with Crippen LogP contribution in [0.5, 0.6) is 0 Å². The second-order valence-corrected chi connectivity index (χ2v) is 4.96. The Labute approximate surface area is 155 Å². The molecule has 0 aliphatic rings. The normalized spacial score (nSPS) is 13.2. The zero-order valence-electron chi connectivity index (χ0n) is 12.5. The van der Waals surface area contributed by atoms with Crippen LogP contribution in [-0.4, -0.2) is 36.9 Å². The molecule has 1 atom stereocenters. The van der Waals surface area contributed by atoms with Gasteiger partial charge in [-0.15, -0.1) is 24.0 Å². The van der Waals surface area contributed by atoms with E-state index in [1.54, 1.807) is 31.2 Å². The molecule has 0 fully saturated rings. The van der Waals surface area contributed by atoms with Gasteiger partial charge in [0.2, 0.25) is 0 Å². The summed E-state index contributed by atoms with van der Waals surface area (Å²) in [5.41, 5.74) is 0.527. The summed E-state index contributed by atoms with van der Waals surface area (Å²) in [6, 6.07) is 6.80. The van der Waals surface area contributed by atoms with E-state index in [2.05, 4.69) is 15.6 Å². The maximum absolute atomic E-state index is 12.1. The number of guanidine groups is 1. The van der Waals surface area contributed by atoms with Crippen molar-refractivity contribution in [3.05, 3.63) is 34.9 Å². The van der Waals surface area contributed by atoms with Crippen LogP contribution in [-0.2, 0) is 0 Å². The highest BCUT2D eigenvalue weighted by atomic mass is 127. The minimum absolute atomic E-state index is 0. The fourth-order valence-electron chi connectivity index (χ4n) is 1.69. The molecule has 0 aliphatic carbocycles. The fraction of sp³-hybridized carbons (Fsp3) is 0.500. The van der Waals surface area contributed by atoms with Crippen molar-refractivity contribution >= 4 is 41.5 Å². The third kappa shape index (κ3) is 9.21. The van der Waals surface area contributed by atoms with E-state index in [0.717, 1.165) is 0 Å². The average molecular weight is 466 g/mol. The molecule has 0 aromatic heterocycles. The Morgan fingerprint density at radius 2 is 1.96 bits per heavy atom. The molecular formula is C14H20ClF3IN3O. The summed E-state index contributed by atoms with van der Waals surface area (Å²) < 4.78 is 36.4. The minimum atomic E-state index is -4.22. The van der Waals surface area contributed by atoms with Crippen molar-refractivity contribution in [2.75, 3.05) is 19.6 Å². The summed E-state index contributed by atoms with van der Waals surface area (Å²) in [5, 5.41) is 15.9. The van der Waals surface area contributed by atoms with Crippen LogP contribution >= 0.6 is 35.6 Å². The standard InChI is InChI=1S/C14H19ClF3N3O.HI/c1-2-19-13(20-8-7-14(16,17)18)21-9-12(22)10-5-3-4-6-11(10)15;/h3-6,12,22H,2,7-9H2,1H3,(H2,19,20,21);1H. The van der Waals surface area contributed by atoms with E-state index in [-0.39, 0.29) is 43.0 Å². The van der Waals surface area contributed by atoms with Gasteiger partial charge in [-0.1, -0.05) is 29.8 Å². The summed E-state index contributed by atoms with van der Waals surface area (Å²) in [4.78, 5) is 4.07. The first-order valence-electron chi connectivity index (χ1n) is 6.85. The molecule has 0 aliphatic heterocycles. The molecule has 3 N–H and O–H groups in total. The molecule has 0 radical (unpaired) electrons. The van der Waals surface area contributed by atoms with Crippen LogP contribution in [0.3, 0.4) is 0 Å². The van der Waals surface area contributed by atoms with Crippen molar-refractivity contribution in [2.24, 2.45) is 4.99 Å². The lowest BCUT2D eigenvalue weighted by Crippen LogP contribution is -2.39. The van der Waals surface area contributed by atoms with E-state index in [1.807, 2.05) is 0 Å². The number of hydrogen-bond acceptors (Lipinski definition) is 2. The molecule has 0 saturated heterocycles. The molecule has 1 rings (SSSR count). The van der Waals surface area contributed by atoms with Gasteiger partial charge in [0.15, 0.2) is 5.96 Å². The molecule has 0 amide bonds. The maximum atomic E-state index is 12.1. The van der Waals surface area contributed by atoms with Gasteiger partial charge < -0.3 is 15.7 Å². The van der Waals surface area contributed by atoms with Crippen LogP contribution in [0.4, 0.5) is 13.2 Å². The highest BCUT2D eigenvalue weighted by Gasteiger charge is 2.26. The predicted molar refractivity (Wildman–Crippen MR) is 96.5 cm³/mol. The molecule has 0 bridgehead atoms. The van der Waals surface area contributed by atoms with E-state index in [4.69, 9.17) is 11.6 Å². The number of benzene rings is 1. The summed E-state index contributed by atoms with van der Waals surface area (Å²) in [6.07, 6.45) is -6.10. The number of halogens is 5. The monoisotopic (exact) mass is 465 g/mol. The SMILES string of the molecule is CCNC(=NCC(O)c1ccccc1Cl)NCCC(F)(F)F.I. The Bertz CT molecular complexity index is 500. The van der Waals surface area contributed by atoms with Crippen molar-refractivity contribution in [3.63, 3.8) is 0 Å². The first-order chi connectivity index (χ1) is 10.3. The highest BCUT2D eigenvalue weighted by Crippen LogP contribution is 2.22. The van der Waals surface area contributed by atoms with E-state index in [9.17, 15) is 18.3 Å². The quantitative estimate of drug-likeness (QED) is 0.342. The van der Waals surface area contributed by atoms with Crippen LogP contribution in [0.25, 0.3) is 0 Å². The van der Waals surface area contributed by atoms with Gasteiger partial charge in [-0.2, -0.15) is 13.2 Å². The number of rotatable bonds is 6. The van der Waals surface area contributed by atoms with E-state index in [1.165, 1.54) is 0 Å². The molecule has 0 saturated carbocycles. The summed E-state index contributed by atoms with van der Waals surface area (Å²) in [5.74, 6) is 0.220. The van der Waals surface area contributed by atoms with Gasteiger partial charge in [0, 0.05) is 23.7 Å². The minimum Gasteiger partial charge on any atom is -0.386 e. The van der Waals surface area contributed by atoms with Gasteiger partial charge in [0.25, 0.3) is 0 Å². The number of nitrogens with zero attached hydrogens (tertiary/aromatic N) is 1. The Hall–Kier alpha value is -0.740. The molecule has 1 aromatic rings. The molecule has 4 nitrogen and oxygen atoms in total. The second kappa shape index (κ2) is 10.9. The number of hydrogen-bond donors (Lipinski definition) is 3. The van der Waals surface area contributed by atoms with Crippen LogP contribution in [0.1, 0.15) is 25.0 Å². The van der Waals surface area contributed by atoms with E-state index >= 15 is 0 Å². The zero-order valence-corrected chi connectivity index (χ0v) is 15.6. The van der Waals surface area contributed by atoms with Crippen LogP contribution in [0.2, 0.25) is 5.02 Å². The van der Waals surface area contributed by atoms with Gasteiger partial charge >= 0.3 is 6.18 Å². The molecule has 0 heterocycles. The topological polar surface area (TPSA) is 56.7 Å². The smallest absolute Gasteiger partial charge is 0.386 e. The molecular weight excluding hydrogens is 446 g/mol. The molecule has 9 heteroatoms. The first kappa shape index (κ1) is 22.3. The van der Waals surface area contributed by atoms with Gasteiger partial charge in [-0.05, 0) is 13.0 Å². The molecule has 132 valence electrons. The molecule has 23 heavy (non-hydrogen) atoms. The molecule has 0 spiro atoms. The van der Waals surface area contributed by atoms with Crippen molar-refractivity contribution in [2.45, 2.75) is 25.6 Å². The van der Waals surface area contributed by atoms with Crippen molar-refractivity contribution in [1.29, 1.82) is 0 Å². The van der Waals surface area contributed by atoms with Crippen LogP contribution in [0, 0.1) is 0 Å². The number of aliphatic imine (C=N–C) groups is 1. The average Bonchev–Trinajstić information content (AvgIpc) is 2.43. The number of aliphatic hydroxyl groups is 1. The fourth-order valence-corrected chi connectivity index (χ4v) is 1.95. The Balaban J connectivity index is 0.00000484. The number of alkyl halides is 3. The summed E-state index contributed by atoms with van der Waals surface area (Å²) in [6.45, 7) is 2.01. The zero-order chi connectivity index (χ0) is 16.6. The van der Waals surface area contributed by atoms with Gasteiger partial charge in [-0.25, -0.2) is 0 Å². The highest BCUT2D eigenvalue weighted by molar-refractivity contribution is 14.0. The van der Waals surface area contributed by atoms with Gasteiger partial charge in [0.1, 0.15) is 6.10 Å². The van der Waals surface area contributed by atoms with E-state index in [0.29, 0.717) is 17.1 Å². The second-order valence-electron chi connectivity index (χ2n) is 4.55. The van der Waals surface area contributed by atoms with Gasteiger partial charge in [0.05, 0.1) is 13.0 Å². The van der Waals surface area contributed by atoms with Crippen LogP contribution < -0.4 is 10.6 Å². The Morgan fingerprint density at radius 1 is 1.30 bits per heavy atom. The van der Waals surface area contributed by atoms with Crippen molar-refractivity contribution in [3.8, 4) is 0 Å². The maximum Gasteiger partial charge on any atom is 0.390 e. The van der Waals surface area contributed by atoms with Crippen molar-refractivity contribution in [1.82, 2.24) is 10.6 Å². The lowest BCUT2D eigenvalue weighted by Gasteiger charge is -2.14. The van der Waals surface area contributed by atoms with Gasteiger partial charge in [-0.3, -0.25) is 4.99 Å². The Kier molecular flexibility index (Phi) is 10.6. The lowest BCUT2D eigenvalue weighted by atomic mass is 10.1. The molecule has 1 aromatic carbocycles. The summed E-state index contributed by atoms with van der Waals surface area (Å²) in [7, 11) is 0.